The highest BCUT2D eigenvalue weighted by molar-refractivity contribution is 7.98. The second kappa shape index (κ2) is 7.31. The molecule has 1 heterocycles. The molecule has 1 unspecified atom stereocenters. The van der Waals surface area contributed by atoms with Crippen LogP contribution >= 0.6 is 11.8 Å². The number of thioether (sulfide) groups is 1. The van der Waals surface area contributed by atoms with Gasteiger partial charge in [0.25, 0.3) is 0 Å². The summed E-state index contributed by atoms with van der Waals surface area (Å²) in [5.74, 6) is 2.66. The molecule has 0 amide bonds. The van der Waals surface area contributed by atoms with Crippen molar-refractivity contribution < 1.29 is 4.74 Å². The quantitative estimate of drug-likeness (QED) is 0.627. The monoisotopic (exact) mass is 303 g/mol. The molecule has 0 saturated heterocycles. The van der Waals surface area contributed by atoms with Crippen LogP contribution in [0.25, 0.3) is 0 Å². The molecular weight excluding hydrogens is 282 g/mol. The van der Waals surface area contributed by atoms with Gasteiger partial charge < -0.3 is 10.1 Å². The lowest BCUT2D eigenvalue weighted by atomic mass is 9.99. The summed E-state index contributed by atoms with van der Waals surface area (Å²) in [4.78, 5) is 8.68. The molecule has 5 heteroatoms. The second-order valence-electron chi connectivity index (χ2n) is 4.81. The van der Waals surface area contributed by atoms with E-state index in [0.717, 1.165) is 18.0 Å². The van der Waals surface area contributed by atoms with E-state index in [1.165, 1.54) is 17.3 Å². The number of nitrogens with zero attached hydrogens (tertiary/aromatic N) is 2. The normalized spacial score (nSPS) is 12.0. The summed E-state index contributed by atoms with van der Waals surface area (Å²) in [6.45, 7) is 4.42. The lowest BCUT2D eigenvalue weighted by Gasteiger charge is -2.11. The van der Waals surface area contributed by atoms with Gasteiger partial charge in [0.15, 0.2) is 5.16 Å². The maximum atomic E-state index is 5.83. The van der Waals surface area contributed by atoms with Crippen LogP contribution in [0.1, 0.15) is 31.7 Å². The molecule has 0 saturated carbocycles. The lowest BCUT2D eigenvalue weighted by Crippen LogP contribution is -1.98. The van der Waals surface area contributed by atoms with Gasteiger partial charge in [-0.2, -0.15) is 4.98 Å². The van der Waals surface area contributed by atoms with Gasteiger partial charge in [0.1, 0.15) is 11.6 Å². The Bertz CT molecular complexity index is 564. The smallest absolute Gasteiger partial charge is 0.225 e. The predicted octanol–water partition coefficient (Wildman–Crippen LogP) is 4.55. The Morgan fingerprint density at radius 2 is 1.95 bits per heavy atom. The van der Waals surface area contributed by atoms with E-state index < -0.39 is 0 Å². The van der Waals surface area contributed by atoms with E-state index in [1.807, 2.05) is 25.4 Å². The van der Waals surface area contributed by atoms with Crippen LogP contribution in [0, 0.1) is 0 Å². The summed E-state index contributed by atoms with van der Waals surface area (Å²) in [5.41, 5.74) is 1.33. The van der Waals surface area contributed by atoms with Gasteiger partial charge in [-0.3, -0.25) is 0 Å². The number of anilines is 1. The first-order valence-corrected chi connectivity index (χ1v) is 8.27. The van der Waals surface area contributed by atoms with E-state index in [4.69, 9.17) is 4.74 Å². The van der Waals surface area contributed by atoms with Crippen molar-refractivity contribution in [3.05, 3.63) is 35.9 Å². The second-order valence-corrected chi connectivity index (χ2v) is 5.58. The minimum absolute atomic E-state index is 0.551. The van der Waals surface area contributed by atoms with Crippen molar-refractivity contribution >= 4 is 17.6 Å². The van der Waals surface area contributed by atoms with Crippen LogP contribution in [0.2, 0.25) is 0 Å². The van der Waals surface area contributed by atoms with Crippen molar-refractivity contribution in [1.82, 2.24) is 9.97 Å². The maximum absolute atomic E-state index is 5.83. The number of benzene rings is 1. The van der Waals surface area contributed by atoms with Gasteiger partial charge in [-0.05, 0) is 36.3 Å². The van der Waals surface area contributed by atoms with E-state index in [1.54, 1.807) is 6.07 Å². The van der Waals surface area contributed by atoms with Crippen LogP contribution in [0.15, 0.2) is 35.5 Å². The van der Waals surface area contributed by atoms with Crippen molar-refractivity contribution in [2.75, 3.05) is 18.6 Å². The van der Waals surface area contributed by atoms with Crippen LogP contribution in [0.3, 0.4) is 0 Å². The van der Waals surface area contributed by atoms with E-state index in [2.05, 4.69) is 41.3 Å². The number of hydrogen-bond donors (Lipinski definition) is 1. The predicted molar refractivity (Wildman–Crippen MR) is 88.6 cm³/mol. The molecule has 0 aliphatic rings. The number of rotatable bonds is 6. The third-order valence-corrected chi connectivity index (χ3v) is 3.95. The van der Waals surface area contributed by atoms with Gasteiger partial charge >= 0.3 is 0 Å². The Morgan fingerprint density at radius 1 is 1.24 bits per heavy atom. The fourth-order valence-corrected chi connectivity index (χ4v) is 2.27. The molecule has 2 aromatic rings. The first kappa shape index (κ1) is 15.6. The molecule has 0 aliphatic carbocycles. The molecule has 112 valence electrons. The zero-order chi connectivity index (χ0) is 15.2. The van der Waals surface area contributed by atoms with Crippen molar-refractivity contribution in [1.29, 1.82) is 0 Å². The van der Waals surface area contributed by atoms with Crippen molar-refractivity contribution in [3.63, 3.8) is 0 Å². The lowest BCUT2D eigenvalue weighted by molar-refractivity contribution is 0.456. The van der Waals surface area contributed by atoms with Crippen LogP contribution in [-0.2, 0) is 0 Å². The largest absolute Gasteiger partial charge is 0.439 e. The average Bonchev–Trinajstić information content (AvgIpc) is 2.54. The molecule has 4 nitrogen and oxygen atoms in total. The molecule has 1 aromatic heterocycles. The van der Waals surface area contributed by atoms with E-state index >= 15 is 0 Å². The summed E-state index contributed by atoms with van der Waals surface area (Å²) in [7, 11) is 1.83. The molecule has 21 heavy (non-hydrogen) atoms. The fraction of sp³-hybridized carbons (Fsp3) is 0.375. The van der Waals surface area contributed by atoms with Gasteiger partial charge in [-0.1, -0.05) is 37.7 Å². The van der Waals surface area contributed by atoms with Crippen LogP contribution in [-0.4, -0.2) is 23.3 Å². The molecular formula is C16H21N3OS. The Balaban J connectivity index is 2.17. The first-order chi connectivity index (χ1) is 10.2. The van der Waals surface area contributed by atoms with Crippen molar-refractivity contribution in [2.24, 2.45) is 0 Å². The van der Waals surface area contributed by atoms with Crippen molar-refractivity contribution in [3.8, 4) is 11.6 Å². The fourth-order valence-electron chi connectivity index (χ4n) is 1.90. The molecule has 0 spiro atoms. The molecule has 0 bridgehead atoms. The van der Waals surface area contributed by atoms with Gasteiger partial charge in [0.05, 0.1) is 0 Å². The van der Waals surface area contributed by atoms with E-state index in [9.17, 15) is 0 Å². The Labute approximate surface area is 130 Å². The molecule has 1 N–H and O–H groups in total. The molecule has 0 aliphatic heterocycles. The first-order valence-electron chi connectivity index (χ1n) is 7.05. The SMILES string of the molecule is CCC(C)c1ccc(Oc2cc(NC)nc(SC)n2)cc1. The summed E-state index contributed by atoms with van der Waals surface area (Å²) in [6, 6.07) is 9.99. The summed E-state index contributed by atoms with van der Waals surface area (Å²) >= 11 is 1.49. The van der Waals surface area contributed by atoms with Gasteiger partial charge in [0.2, 0.25) is 5.88 Å². The van der Waals surface area contributed by atoms with Gasteiger partial charge in [-0.15, -0.1) is 0 Å². The van der Waals surface area contributed by atoms with Crippen LogP contribution in [0.5, 0.6) is 11.6 Å². The minimum atomic E-state index is 0.551. The standard InChI is InChI=1S/C16H21N3OS/c1-5-11(2)12-6-8-13(9-7-12)20-15-10-14(17-3)18-16(19-15)21-4/h6-11H,5H2,1-4H3,(H,17,18,19). The number of aromatic nitrogens is 2. The van der Waals surface area contributed by atoms with Gasteiger partial charge in [-0.25, -0.2) is 4.98 Å². The molecule has 1 atom stereocenters. The Kier molecular flexibility index (Phi) is 5.44. The third-order valence-electron chi connectivity index (χ3n) is 3.40. The van der Waals surface area contributed by atoms with Crippen LogP contribution < -0.4 is 10.1 Å². The topological polar surface area (TPSA) is 47.0 Å². The third kappa shape index (κ3) is 4.11. The highest BCUT2D eigenvalue weighted by Gasteiger charge is 2.07. The summed E-state index contributed by atoms with van der Waals surface area (Å²) < 4.78 is 5.83. The maximum Gasteiger partial charge on any atom is 0.225 e. The number of ether oxygens (including phenoxy) is 1. The highest BCUT2D eigenvalue weighted by Crippen LogP contribution is 2.26. The minimum Gasteiger partial charge on any atom is -0.439 e. The molecule has 1 aromatic carbocycles. The van der Waals surface area contributed by atoms with Crippen LogP contribution in [0.4, 0.5) is 5.82 Å². The Morgan fingerprint density at radius 3 is 2.52 bits per heavy atom. The summed E-state index contributed by atoms with van der Waals surface area (Å²) in [6.07, 6.45) is 3.08. The summed E-state index contributed by atoms with van der Waals surface area (Å²) in [5, 5.41) is 3.70. The average molecular weight is 303 g/mol. The highest BCUT2D eigenvalue weighted by atomic mass is 32.2. The van der Waals surface area contributed by atoms with Crippen molar-refractivity contribution in [2.45, 2.75) is 31.3 Å². The number of hydrogen-bond acceptors (Lipinski definition) is 5. The zero-order valence-corrected chi connectivity index (χ0v) is 13.7. The number of nitrogens with one attached hydrogen (secondary N) is 1. The van der Waals surface area contributed by atoms with E-state index in [0.29, 0.717) is 17.0 Å². The molecule has 0 radical (unpaired) electrons. The molecule has 0 fully saturated rings. The Hall–Kier alpha value is -1.75. The molecule has 2 rings (SSSR count). The van der Waals surface area contributed by atoms with Gasteiger partial charge in [0, 0.05) is 13.1 Å². The zero-order valence-electron chi connectivity index (χ0n) is 12.9. The van der Waals surface area contributed by atoms with E-state index in [-0.39, 0.29) is 0 Å².